The summed E-state index contributed by atoms with van der Waals surface area (Å²) >= 11 is 6.49. The smallest absolute Gasteiger partial charge is 0.108 e. The van der Waals surface area contributed by atoms with Crippen LogP contribution in [0.25, 0.3) is 33.9 Å². The van der Waals surface area contributed by atoms with Gasteiger partial charge in [-0.15, -0.1) is 0 Å². The van der Waals surface area contributed by atoms with E-state index in [1.807, 2.05) is 75.0 Å². The number of aromatic nitrogens is 2. The normalized spacial score (nSPS) is 8.91. The summed E-state index contributed by atoms with van der Waals surface area (Å²) in [5, 5.41) is 0.599. The van der Waals surface area contributed by atoms with Crippen molar-refractivity contribution in [2.45, 2.75) is 13.8 Å². The van der Waals surface area contributed by atoms with Crippen LogP contribution in [0.1, 0.15) is 11.1 Å². The zero-order valence-electron chi connectivity index (χ0n) is 19.0. The van der Waals surface area contributed by atoms with Crippen LogP contribution in [0, 0.1) is 13.8 Å². The summed E-state index contributed by atoms with van der Waals surface area (Å²) in [7, 11) is 0. The molecule has 7 heteroatoms. The monoisotopic (exact) mass is 647 g/mol. The van der Waals surface area contributed by atoms with Crippen LogP contribution >= 0.6 is 11.6 Å². The molecule has 0 bridgehead atoms. The van der Waals surface area contributed by atoms with Gasteiger partial charge in [-0.05, 0) is 49.2 Å². The van der Waals surface area contributed by atoms with Crippen LogP contribution in [0.5, 0.6) is 0 Å². The van der Waals surface area contributed by atoms with Crippen LogP contribution in [0.3, 0.4) is 0 Å². The number of halogens is 1. The first kappa shape index (κ1) is 30.7. The molecule has 0 spiro atoms. The molecule has 2 heterocycles. The third-order valence-corrected chi connectivity index (χ3v) is 4.98. The number of hydrogen-bond acceptors (Lipinski definition) is 5. The van der Waals surface area contributed by atoms with Crippen LogP contribution in [-0.2, 0) is 34.8 Å². The predicted molar refractivity (Wildman–Crippen MR) is 134 cm³/mol. The first-order valence-electron chi connectivity index (χ1n) is 9.76. The van der Waals surface area contributed by atoms with Gasteiger partial charge in [0.25, 0.3) is 0 Å². The SMILES string of the molecule is C=O.C=O.C=O.Cc1ccccc1-c1cccc(-c2nc(-c3ccccc3C)ccc2Cl)n1.[Re]. The number of nitrogens with zero attached hydrogens (tertiary/aromatic N) is 2. The second-order valence-corrected chi connectivity index (χ2v) is 6.97. The molecule has 0 aliphatic heterocycles. The van der Waals surface area contributed by atoms with E-state index in [1.54, 1.807) is 0 Å². The number of carbonyl (C=O) groups excluding carboxylic acids is 3. The van der Waals surface area contributed by atoms with Crippen molar-refractivity contribution in [1.29, 1.82) is 0 Å². The molecule has 0 fully saturated rings. The maximum absolute atomic E-state index is 8.00. The van der Waals surface area contributed by atoms with E-state index in [9.17, 15) is 0 Å². The first-order valence-corrected chi connectivity index (χ1v) is 10.1. The summed E-state index contributed by atoms with van der Waals surface area (Å²) in [5.74, 6) is 0. The molecule has 2 aromatic carbocycles. The molecule has 34 heavy (non-hydrogen) atoms. The van der Waals surface area contributed by atoms with Crippen LogP contribution in [-0.4, -0.2) is 30.3 Å². The average molecular weight is 647 g/mol. The van der Waals surface area contributed by atoms with Crippen molar-refractivity contribution in [3.63, 3.8) is 0 Å². The quantitative estimate of drug-likeness (QED) is 0.265. The molecule has 4 rings (SSSR count). The van der Waals surface area contributed by atoms with E-state index < -0.39 is 0 Å². The van der Waals surface area contributed by atoms with E-state index in [-0.39, 0.29) is 20.4 Å². The van der Waals surface area contributed by atoms with E-state index in [0.717, 1.165) is 28.2 Å². The number of rotatable bonds is 3. The average Bonchev–Trinajstić information content (AvgIpc) is 2.89. The molecule has 175 valence electrons. The standard InChI is InChI=1S/C24H19ClN2.3CH2O.Re/c1-16-8-3-5-10-18(16)21-12-7-13-23(26-21)24-20(25)14-15-22(27-24)19-11-6-4-9-17(19)2;3*1-2;/h3-15H,1-2H3;3*1H2;. The largest absolute Gasteiger partial charge is 0.307 e. The molecule has 1 radical (unpaired) electrons. The molecule has 0 aliphatic carbocycles. The molecule has 2 aromatic heterocycles. The van der Waals surface area contributed by atoms with Crippen molar-refractivity contribution in [3.8, 4) is 33.9 Å². The summed E-state index contributed by atoms with van der Waals surface area (Å²) in [6.07, 6.45) is 0. The predicted octanol–water partition coefficient (Wildman–Crippen LogP) is 6.19. The van der Waals surface area contributed by atoms with E-state index in [0.29, 0.717) is 10.7 Å². The van der Waals surface area contributed by atoms with Gasteiger partial charge >= 0.3 is 0 Å². The van der Waals surface area contributed by atoms with Gasteiger partial charge in [0.2, 0.25) is 0 Å². The van der Waals surface area contributed by atoms with Gasteiger partial charge in [-0.2, -0.15) is 0 Å². The summed E-state index contributed by atoms with van der Waals surface area (Å²) in [6.45, 7) is 10.2. The molecule has 0 saturated carbocycles. The minimum atomic E-state index is 0. The van der Waals surface area contributed by atoms with E-state index >= 15 is 0 Å². The molecule has 0 unspecified atom stereocenters. The van der Waals surface area contributed by atoms with Crippen molar-refractivity contribution >= 4 is 32.0 Å². The van der Waals surface area contributed by atoms with E-state index in [4.69, 9.17) is 36.0 Å². The Morgan fingerprint density at radius 1 is 0.559 bits per heavy atom. The Morgan fingerprint density at radius 3 is 1.50 bits per heavy atom. The number of pyridine rings is 2. The molecule has 0 N–H and O–H groups in total. The van der Waals surface area contributed by atoms with Gasteiger partial charge in [-0.3, -0.25) is 0 Å². The molecule has 5 nitrogen and oxygen atoms in total. The molecule has 0 aliphatic rings. The van der Waals surface area contributed by atoms with Crippen molar-refractivity contribution in [3.05, 3.63) is 95.0 Å². The Hall–Kier alpha value is -3.30. The zero-order chi connectivity index (χ0) is 24.8. The van der Waals surface area contributed by atoms with Crippen LogP contribution in [0.2, 0.25) is 5.02 Å². The molecular weight excluding hydrogens is 622 g/mol. The Morgan fingerprint density at radius 2 is 1.00 bits per heavy atom. The van der Waals surface area contributed by atoms with Gasteiger partial charge < -0.3 is 14.4 Å². The van der Waals surface area contributed by atoms with Crippen molar-refractivity contribution in [2.75, 3.05) is 0 Å². The Balaban J connectivity index is 0.00000145. The maximum Gasteiger partial charge on any atom is 0.108 e. The van der Waals surface area contributed by atoms with Crippen molar-refractivity contribution < 1.29 is 34.8 Å². The fourth-order valence-corrected chi connectivity index (χ4v) is 3.41. The third kappa shape index (κ3) is 7.64. The van der Waals surface area contributed by atoms with Crippen LogP contribution < -0.4 is 0 Å². The minimum Gasteiger partial charge on any atom is -0.307 e. The summed E-state index contributed by atoms with van der Waals surface area (Å²) in [6, 6.07) is 26.3. The van der Waals surface area contributed by atoms with Gasteiger partial charge in [0.1, 0.15) is 26.1 Å². The van der Waals surface area contributed by atoms with Crippen LogP contribution in [0.15, 0.2) is 78.9 Å². The molecule has 0 saturated heterocycles. The molecular formula is C27H25ClN2O3Re. The van der Waals surface area contributed by atoms with Crippen molar-refractivity contribution in [1.82, 2.24) is 9.97 Å². The van der Waals surface area contributed by atoms with Gasteiger partial charge in [0, 0.05) is 31.5 Å². The Labute approximate surface area is 218 Å². The summed E-state index contributed by atoms with van der Waals surface area (Å²) < 4.78 is 0. The number of aryl methyl sites for hydroxylation is 2. The van der Waals surface area contributed by atoms with E-state index in [2.05, 4.69) is 38.1 Å². The second-order valence-electron chi connectivity index (χ2n) is 6.56. The molecule has 0 amide bonds. The maximum atomic E-state index is 8.00. The van der Waals surface area contributed by atoms with Crippen molar-refractivity contribution in [2.24, 2.45) is 0 Å². The Kier molecular flexibility index (Phi) is 14.8. The Bertz CT molecular complexity index is 1180. The molecule has 4 aromatic rings. The fourth-order valence-electron chi connectivity index (χ4n) is 3.21. The molecule has 0 atom stereocenters. The summed E-state index contributed by atoms with van der Waals surface area (Å²) in [5.41, 5.74) is 7.88. The minimum absolute atomic E-state index is 0. The van der Waals surface area contributed by atoms with Crippen LogP contribution in [0.4, 0.5) is 0 Å². The van der Waals surface area contributed by atoms with Gasteiger partial charge in [-0.1, -0.05) is 66.2 Å². The van der Waals surface area contributed by atoms with E-state index in [1.165, 1.54) is 11.1 Å². The number of benzene rings is 2. The number of carbonyl (C=O) groups is 3. The number of hydrogen-bond donors (Lipinski definition) is 0. The fraction of sp³-hybridized carbons (Fsp3) is 0.0741. The zero-order valence-corrected chi connectivity index (χ0v) is 22.5. The topological polar surface area (TPSA) is 77.0 Å². The summed E-state index contributed by atoms with van der Waals surface area (Å²) in [4.78, 5) is 33.7. The second kappa shape index (κ2) is 16.3. The first-order chi connectivity index (χ1) is 16.1. The third-order valence-electron chi connectivity index (χ3n) is 4.68. The van der Waals surface area contributed by atoms with Gasteiger partial charge in [-0.25, -0.2) is 9.97 Å². The van der Waals surface area contributed by atoms with Gasteiger partial charge in [0.15, 0.2) is 0 Å². The van der Waals surface area contributed by atoms with Gasteiger partial charge in [0.05, 0.1) is 22.1 Å².